The van der Waals surface area contributed by atoms with Crippen LogP contribution in [0.5, 0.6) is 5.75 Å². The van der Waals surface area contributed by atoms with Crippen molar-refractivity contribution in [2.24, 2.45) is 0 Å². The first-order valence-electron chi connectivity index (χ1n) is 6.28. The van der Waals surface area contributed by atoms with Crippen LogP contribution in [0.3, 0.4) is 0 Å². The van der Waals surface area contributed by atoms with E-state index in [2.05, 4.69) is 9.97 Å². The fourth-order valence-corrected chi connectivity index (χ4v) is 3.13. The highest BCUT2D eigenvalue weighted by molar-refractivity contribution is 7.99. The molecule has 2 aromatic rings. The Morgan fingerprint density at radius 2 is 1.96 bits per heavy atom. The summed E-state index contributed by atoms with van der Waals surface area (Å²) in [7, 11) is 0. The van der Waals surface area contributed by atoms with E-state index in [0.717, 1.165) is 17.8 Å². The first kappa shape index (κ1) is 15.7. The Labute approximate surface area is 129 Å². The molecule has 0 fully saturated rings. The number of H-pyrrole nitrogens is 2. The predicted octanol–water partition coefficient (Wildman–Crippen LogP) is 2.45. The molecule has 2 heterocycles. The van der Waals surface area contributed by atoms with Crippen LogP contribution in [0.1, 0.15) is 16.5 Å². The van der Waals surface area contributed by atoms with Crippen LogP contribution >= 0.6 is 11.8 Å². The Bertz CT molecular complexity index is 875. The van der Waals surface area contributed by atoms with Gasteiger partial charge in [-0.05, 0) is 12.1 Å². The molecule has 3 rings (SSSR count). The maximum absolute atomic E-state index is 14.0. The largest absolute Gasteiger partial charge is 0.491 e. The number of ether oxygens (including phenoxy) is 1. The quantitative estimate of drug-likeness (QED) is 0.613. The molecule has 0 bridgehead atoms. The van der Waals surface area contributed by atoms with E-state index in [0.29, 0.717) is 6.07 Å². The van der Waals surface area contributed by atoms with Gasteiger partial charge in [0, 0.05) is 6.20 Å². The smallest absolute Gasteiger partial charge is 0.416 e. The fraction of sp³-hybridized carbons (Fsp3) is 0.231. The molecule has 1 aliphatic rings. The zero-order chi connectivity index (χ0) is 16.8. The lowest BCUT2D eigenvalue weighted by Crippen LogP contribution is -2.31. The van der Waals surface area contributed by atoms with Gasteiger partial charge in [-0.15, -0.1) is 11.8 Å². The minimum absolute atomic E-state index is 0.0821. The van der Waals surface area contributed by atoms with Gasteiger partial charge < -0.3 is 14.7 Å². The van der Waals surface area contributed by atoms with E-state index < -0.39 is 33.9 Å². The van der Waals surface area contributed by atoms with Crippen LogP contribution in [0, 0.1) is 5.82 Å². The lowest BCUT2D eigenvalue weighted by molar-refractivity contribution is -0.138. The van der Waals surface area contributed by atoms with Gasteiger partial charge in [0.25, 0.3) is 0 Å². The van der Waals surface area contributed by atoms with Crippen molar-refractivity contribution in [1.82, 2.24) is 9.97 Å². The summed E-state index contributed by atoms with van der Waals surface area (Å²) >= 11 is 0.911. The number of hydrogen-bond acceptors (Lipinski definition) is 4. The molecule has 2 N–H and O–H groups in total. The second-order valence-corrected chi connectivity index (χ2v) is 5.94. The molecule has 23 heavy (non-hydrogen) atoms. The maximum Gasteiger partial charge on any atom is 0.416 e. The summed E-state index contributed by atoms with van der Waals surface area (Å²) in [6.45, 7) is -0.0829. The molecule has 0 saturated carbocycles. The van der Waals surface area contributed by atoms with E-state index in [1.807, 2.05) is 0 Å². The van der Waals surface area contributed by atoms with Gasteiger partial charge in [-0.25, -0.2) is 4.39 Å². The summed E-state index contributed by atoms with van der Waals surface area (Å²) in [5.74, 6) is -1.26. The molecule has 1 unspecified atom stereocenters. The summed E-state index contributed by atoms with van der Waals surface area (Å²) in [5, 5.41) is -0.571. The van der Waals surface area contributed by atoms with E-state index in [9.17, 15) is 27.2 Å². The standard InChI is InChI=1S/C13H8F4N2O3S/c14-6-1-5(13(15,16)17)2-8-10(6)23-9(4-22-8)7-3-18-11(20)12(21)19-7/h1-3,9H,4H2,(H,18,20)(H,19,21). The average Bonchev–Trinajstić information content (AvgIpc) is 2.49. The minimum atomic E-state index is -4.68. The molecule has 0 radical (unpaired) electrons. The van der Waals surface area contributed by atoms with Crippen LogP contribution in [0.2, 0.25) is 0 Å². The summed E-state index contributed by atoms with van der Waals surface area (Å²) in [4.78, 5) is 26.8. The van der Waals surface area contributed by atoms with Crippen molar-refractivity contribution >= 4 is 11.8 Å². The third kappa shape index (κ3) is 2.98. The van der Waals surface area contributed by atoms with E-state index in [-0.39, 0.29) is 22.9 Å². The molecule has 0 aliphatic carbocycles. The van der Waals surface area contributed by atoms with Crippen molar-refractivity contribution in [2.45, 2.75) is 16.3 Å². The van der Waals surface area contributed by atoms with Gasteiger partial charge in [-0.3, -0.25) is 9.59 Å². The highest BCUT2D eigenvalue weighted by Gasteiger charge is 2.35. The van der Waals surface area contributed by atoms with Gasteiger partial charge in [0.2, 0.25) is 0 Å². The van der Waals surface area contributed by atoms with E-state index in [4.69, 9.17) is 4.74 Å². The lowest BCUT2D eigenvalue weighted by atomic mass is 10.2. The third-order valence-electron chi connectivity index (χ3n) is 3.16. The topological polar surface area (TPSA) is 75.0 Å². The third-order valence-corrected chi connectivity index (χ3v) is 4.46. The zero-order valence-corrected chi connectivity index (χ0v) is 12.0. The first-order chi connectivity index (χ1) is 10.8. The number of halogens is 4. The number of hydrogen-bond donors (Lipinski definition) is 2. The van der Waals surface area contributed by atoms with Crippen LogP contribution in [-0.2, 0) is 6.18 Å². The summed E-state index contributed by atoms with van der Waals surface area (Å²) in [5.41, 5.74) is -2.56. The second-order valence-electron chi connectivity index (χ2n) is 4.73. The molecule has 10 heteroatoms. The molecular weight excluding hydrogens is 340 g/mol. The highest BCUT2D eigenvalue weighted by Crippen LogP contribution is 2.47. The van der Waals surface area contributed by atoms with Gasteiger partial charge in [0.05, 0.1) is 21.4 Å². The van der Waals surface area contributed by atoms with Gasteiger partial charge in [0.1, 0.15) is 18.2 Å². The fourth-order valence-electron chi connectivity index (χ4n) is 2.05. The Balaban J connectivity index is 1.96. The van der Waals surface area contributed by atoms with E-state index in [1.165, 1.54) is 6.20 Å². The molecule has 0 spiro atoms. The number of alkyl halides is 3. The minimum Gasteiger partial charge on any atom is -0.491 e. The maximum atomic E-state index is 14.0. The Kier molecular flexibility index (Phi) is 3.71. The number of rotatable bonds is 1. The van der Waals surface area contributed by atoms with Crippen LogP contribution in [0.15, 0.2) is 32.8 Å². The monoisotopic (exact) mass is 348 g/mol. The first-order valence-corrected chi connectivity index (χ1v) is 7.16. The average molecular weight is 348 g/mol. The van der Waals surface area contributed by atoms with Crippen molar-refractivity contribution in [3.05, 3.63) is 56.1 Å². The number of aromatic amines is 2. The van der Waals surface area contributed by atoms with Crippen molar-refractivity contribution < 1.29 is 22.3 Å². The van der Waals surface area contributed by atoms with Gasteiger partial charge in [-0.2, -0.15) is 13.2 Å². The summed E-state index contributed by atoms with van der Waals surface area (Å²) in [6, 6.07) is 1.13. The Morgan fingerprint density at radius 1 is 1.22 bits per heavy atom. The van der Waals surface area contributed by atoms with Crippen molar-refractivity contribution in [1.29, 1.82) is 0 Å². The van der Waals surface area contributed by atoms with Crippen LogP contribution < -0.4 is 15.9 Å². The zero-order valence-electron chi connectivity index (χ0n) is 11.2. The predicted molar refractivity (Wildman–Crippen MR) is 73.2 cm³/mol. The van der Waals surface area contributed by atoms with E-state index in [1.54, 1.807) is 0 Å². The number of benzene rings is 1. The van der Waals surface area contributed by atoms with Gasteiger partial charge in [0.15, 0.2) is 0 Å². The Morgan fingerprint density at radius 3 is 2.61 bits per heavy atom. The van der Waals surface area contributed by atoms with E-state index >= 15 is 0 Å². The molecule has 0 saturated heterocycles. The second kappa shape index (κ2) is 5.44. The Hall–Kier alpha value is -2.23. The van der Waals surface area contributed by atoms with Gasteiger partial charge in [-0.1, -0.05) is 0 Å². The number of nitrogens with one attached hydrogen (secondary N) is 2. The highest BCUT2D eigenvalue weighted by atomic mass is 32.2. The molecule has 1 aromatic heterocycles. The van der Waals surface area contributed by atoms with Crippen LogP contribution in [-0.4, -0.2) is 16.6 Å². The molecule has 1 atom stereocenters. The molecule has 1 aromatic carbocycles. The number of thioether (sulfide) groups is 1. The van der Waals surface area contributed by atoms with Crippen molar-refractivity contribution in [3.63, 3.8) is 0 Å². The molecule has 0 amide bonds. The van der Waals surface area contributed by atoms with Crippen LogP contribution in [0.25, 0.3) is 0 Å². The normalized spacial score (nSPS) is 17.5. The molecular formula is C13H8F4N2O3S. The SMILES string of the molecule is O=c1[nH]cc(C2COc3cc(C(F)(F)F)cc(F)c3S2)[nH]c1=O. The van der Waals surface area contributed by atoms with Crippen LogP contribution in [0.4, 0.5) is 17.6 Å². The lowest BCUT2D eigenvalue weighted by Gasteiger charge is -2.25. The number of fused-ring (bicyclic) bond motifs is 1. The van der Waals surface area contributed by atoms with Crippen molar-refractivity contribution in [2.75, 3.05) is 6.61 Å². The summed E-state index contributed by atoms with van der Waals surface area (Å²) in [6.07, 6.45) is -3.43. The number of aromatic nitrogens is 2. The van der Waals surface area contributed by atoms with Gasteiger partial charge >= 0.3 is 17.3 Å². The summed E-state index contributed by atoms with van der Waals surface area (Å²) < 4.78 is 57.1. The molecule has 122 valence electrons. The van der Waals surface area contributed by atoms with Crippen molar-refractivity contribution in [3.8, 4) is 5.75 Å². The molecule has 1 aliphatic heterocycles. The molecule has 5 nitrogen and oxygen atoms in total.